The van der Waals surface area contributed by atoms with Crippen LogP contribution in [0, 0.1) is 10.5 Å². The Morgan fingerprint density at radius 3 is 2.83 bits per heavy atom. The van der Waals surface area contributed by atoms with Crippen LogP contribution in [0.5, 0.6) is 0 Å². The smallest absolute Gasteiger partial charge is 0.258 e. The van der Waals surface area contributed by atoms with E-state index in [4.69, 9.17) is 11.6 Å². The van der Waals surface area contributed by atoms with E-state index in [1.165, 1.54) is 0 Å². The Balaban J connectivity index is 2.24. The summed E-state index contributed by atoms with van der Waals surface area (Å²) < 4.78 is 1.13. The van der Waals surface area contributed by atoms with E-state index in [1.807, 2.05) is 25.1 Å². The number of nitrogens with zero attached hydrogens (tertiary/aromatic N) is 1. The fraction of sp³-hybridized carbons (Fsp3) is 0.0769. The Morgan fingerprint density at radius 1 is 1.39 bits per heavy atom. The van der Waals surface area contributed by atoms with Crippen LogP contribution in [-0.2, 0) is 0 Å². The number of aromatic nitrogens is 1. The number of hydrogen-bond donors (Lipinski definition) is 1. The summed E-state index contributed by atoms with van der Waals surface area (Å²) in [4.78, 5) is 15.9. The summed E-state index contributed by atoms with van der Waals surface area (Å²) in [6, 6.07) is 9.14. The van der Waals surface area contributed by atoms with Gasteiger partial charge in [-0.3, -0.25) is 4.79 Å². The minimum atomic E-state index is -0.252. The van der Waals surface area contributed by atoms with Gasteiger partial charge in [0.1, 0.15) is 5.15 Å². The molecule has 2 aromatic rings. The maximum Gasteiger partial charge on any atom is 0.258 e. The minimum Gasteiger partial charge on any atom is -0.322 e. The number of nitrogens with one attached hydrogen (secondary N) is 1. The number of carbonyl (C=O) groups excluding carboxylic acids is 1. The molecule has 0 saturated heterocycles. The van der Waals surface area contributed by atoms with E-state index in [2.05, 4.69) is 32.9 Å². The van der Waals surface area contributed by atoms with Crippen LogP contribution in [-0.4, -0.2) is 10.9 Å². The molecule has 92 valence electrons. The van der Waals surface area contributed by atoms with Crippen molar-refractivity contribution in [3.05, 3.63) is 56.4 Å². The lowest BCUT2D eigenvalue weighted by Gasteiger charge is -2.09. The maximum absolute atomic E-state index is 12.0. The molecule has 0 unspecified atom stereocenters. The third-order valence-electron chi connectivity index (χ3n) is 2.44. The van der Waals surface area contributed by atoms with Gasteiger partial charge in [0.25, 0.3) is 5.91 Å². The second-order valence-electron chi connectivity index (χ2n) is 3.76. The Morgan fingerprint density at radius 2 is 2.17 bits per heavy atom. The van der Waals surface area contributed by atoms with Crippen molar-refractivity contribution in [3.63, 3.8) is 0 Å². The van der Waals surface area contributed by atoms with Gasteiger partial charge in [-0.2, -0.15) is 0 Å². The van der Waals surface area contributed by atoms with Crippen LogP contribution in [0.25, 0.3) is 0 Å². The lowest BCUT2D eigenvalue weighted by atomic mass is 10.2. The van der Waals surface area contributed by atoms with Crippen LogP contribution >= 0.6 is 34.2 Å². The van der Waals surface area contributed by atoms with Crippen molar-refractivity contribution in [2.24, 2.45) is 0 Å². The fourth-order valence-electron chi connectivity index (χ4n) is 1.51. The molecular weight excluding hydrogens is 363 g/mol. The SMILES string of the molecule is Cc1cc(I)ccc1NC(=O)c1cccnc1Cl. The van der Waals surface area contributed by atoms with E-state index in [9.17, 15) is 4.79 Å². The zero-order chi connectivity index (χ0) is 13.1. The summed E-state index contributed by atoms with van der Waals surface area (Å²) in [6.45, 7) is 1.95. The van der Waals surface area contributed by atoms with Gasteiger partial charge in [0.05, 0.1) is 5.56 Å². The zero-order valence-electron chi connectivity index (χ0n) is 9.58. The molecular formula is C13H10ClIN2O. The van der Waals surface area contributed by atoms with Crippen molar-refractivity contribution in [2.75, 3.05) is 5.32 Å². The fourth-order valence-corrected chi connectivity index (χ4v) is 2.36. The zero-order valence-corrected chi connectivity index (χ0v) is 12.5. The number of pyridine rings is 1. The monoisotopic (exact) mass is 372 g/mol. The predicted molar refractivity (Wildman–Crippen MR) is 81.1 cm³/mol. The summed E-state index contributed by atoms with van der Waals surface area (Å²) in [7, 11) is 0. The molecule has 1 heterocycles. The minimum absolute atomic E-state index is 0.207. The molecule has 0 aliphatic carbocycles. The van der Waals surface area contributed by atoms with E-state index < -0.39 is 0 Å². The quantitative estimate of drug-likeness (QED) is 0.642. The summed E-state index contributed by atoms with van der Waals surface area (Å²) in [5.74, 6) is -0.252. The topological polar surface area (TPSA) is 42.0 Å². The molecule has 0 bridgehead atoms. The molecule has 18 heavy (non-hydrogen) atoms. The summed E-state index contributed by atoms with van der Waals surface area (Å²) in [6.07, 6.45) is 1.55. The van der Waals surface area contributed by atoms with Crippen molar-refractivity contribution < 1.29 is 4.79 Å². The molecule has 0 fully saturated rings. The van der Waals surface area contributed by atoms with Crippen LogP contribution in [0.1, 0.15) is 15.9 Å². The van der Waals surface area contributed by atoms with Gasteiger partial charge in [0.15, 0.2) is 0 Å². The molecule has 1 amide bonds. The lowest BCUT2D eigenvalue weighted by Crippen LogP contribution is -2.13. The van der Waals surface area contributed by atoms with Crippen molar-refractivity contribution in [1.29, 1.82) is 0 Å². The molecule has 2 rings (SSSR count). The molecule has 0 aliphatic rings. The van der Waals surface area contributed by atoms with Gasteiger partial charge in [-0.05, 0) is 65.4 Å². The number of aryl methyl sites for hydroxylation is 1. The standard InChI is InChI=1S/C13H10ClIN2O/c1-8-7-9(15)4-5-11(8)17-13(18)10-3-2-6-16-12(10)14/h2-7H,1H3,(H,17,18). The van der Waals surface area contributed by atoms with Gasteiger partial charge in [-0.1, -0.05) is 11.6 Å². The summed E-state index contributed by atoms with van der Waals surface area (Å²) >= 11 is 8.11. The van der Waals surface area contributed by atoms with Crippen LogP contribution in [0.15, 0.2) is 36.5 Å². The first-order chi connectivity index (χ1) is 8.58. The van der Waals surface area contributed by atoms with E-state index in [-0.39, 0.29) is 11.1 Å². The summed E-state index contributed by atoms with van der Waals surface area (Å²) in [5, 5.41) is 3.03. The highest BCUT2D eigenvalue weighted by atomic mass is 127. The maximum atomic E-state index is 12.0. The molecule has 0 saturated carbocycles. The van der Waals surface area contributed by atoms with Gasteiger partial charge < -0.3 is 5.32 Å². The Hall–Kier alpha value is -1.14. The normalized spacial score (nSPS) is 10.2. The molecule has 0 atom stereocenters. The highest BCUT2D eigenvalue weighted by Crippen LogP contribution is 2.20. The number of rotatable bonds is 2. The number of benzene rings is 1. The van der Waals surface area contributed by atoms with Gasteiger partial charge >= 0.3 is 0 Å². The molecule has 0 spiro atoms. The third kappa shape index (κ3) is 3.00. The Labute approximate surface area is 124 Å². The van der Waals surface area contributed by atoms with E-state index >= 15 is 0 Å². The first-order valence-corrected chi connectivity index (χ1v) is 6.71. The molecule has 0 aliphatic heterocycles. The van der Waals surface area contributed by atoms with Crippen LogP contribution in [0.4, 0.5) is 5.69 Å². The molecule has 1 N–H and O–H groups in total. The van der Waals surface area contributed by atoms with Crippen LogP contribution < -0.4 is 5.32 Å². The second kappa shape index (κ2) is 5.67. The average molecular weight is 373 g/mol. The average Bonchev–Trinajstić information content (AvgIpc) is 2.33. The van der Waals surface area contributed by atoms with Gasteiger partial charge in [0, 0.05) is 15.5 Å². The van der Waals surface area contributed by atoms with E-state index in [0.29, 0.717) is 5.56 Å². The number of amides is 1. The first kappa shape index (κ1) is 13.3. The number of anilines is 1. The van der Waals surface area contributed by atoms with Crippen LogP contribution in [0.2, 0.25) is 5.15 Å². The largest absolute Gasteiger partial charge is 0.322 e. The molecule has 0 radical (unpaired) electrons. The molecule has 1 aromatic carbocycles. The van der Waals surface area contributed by atoms with Gasteiger partial charge in [-0.25, -0.2) is 4.98 Å². The Bertz CT molecular complexity index is 601. The Kier molecular flexibility index (Phi) is 4.19. The third-order valence-corrected chi connectivity index (χ3v) is 3.41. The predicted octanol–water partition coefficient (Wildman–Crippen LogP) is 3.90. The number of carbonyl (C=O) groups is 1. The van der Waals surface area contributed by atoms with Crippen LogP contribution in [0.3, 0.4) is 0 Å². The number of halogens is 2. The highest BCUT2D eigenvalue weighted by Gasteiger charge is 2.11. The molecule has 3 nitrogen and oxygen atoms in total. The second-order valence-corrected chi connectivity index (χ2v) is 5.36. The van der Waals surface area contributed by atoms with Crippen molar-refractivity contribution >= 4 is 45.8 Å². The van der Waals surface area contributed by atoms with E-state index in [1.54, 1.807) is 18.3 Å². The van der Waals surface area contributed by atoms with Crippen molar-refractivity contribution in [2.45, 2.75) is 6.92 Å². The van der Waals surface area contributed by atoms with Crippen molar-refractivity contribution in [3.8, 4) is 0 Å². The van der Waals surface area contributed by atoms with Gasteiger partial charge in [0.2, 0.25) is 0 Å². The van der Waals surface area contributed by atoms with E-state index in [0.717, 1.165) is 14.8 Å². The number of hydrogen-bond acceptors (Lipinski definition) is 2. The highest BCUT2D eigenvalue weighted by molar-refractivity contribution is 14.1. The molecule has 5 heteroatoms. The lowest BCUT2D eigenvalue weighted by molar-refractivity contribution is 0.102. The first-order valence-electron chi connectivity index (χ1n) is 5.26. The summed E-state index contributed by atoms with van der Waals surface area (Å²) in [5.41, 5.74) is 2.16. The van der Waals surface area contributed by atoms with Crippen molar-refractivity contribution in [1.82, 2.24) is 4.98 Å². The molecule has 1 aromatic heterocycles. The van der Waals surface area contributed by atoms with Gasteiger partial charge in [-0.15, -0.1) is 0 Å².